The van der Waals surface area contributed by atoms with Crippen LogP contribution in [0.25, 0.3) is 0 Å². The molecule has 0 saturated carbocycles. The highest BCUT2D eigenvalue weighted by Gasteiger charge is 2.14. The van der Waals surface area contributed by atoms with Gasteiger partial charge in [-0.1, -0.05) is 0 Å². The molecule has 0 fully saturated rings. The van der Waals surface area contributed by atoms with Gasteiger partial charge in [-0.15, -0.1) is 0 Å². The smallest absolute Gasteiger partial charge is 0.434 e. The predicted octanol–water partition coefficient (Wildman–Crippen LogP) is 1.56. The Labute approximate surface area is 87.6 Å². The maximum Gasteiger partial charge on any atom is 0.434 e. The van der Waals surface area contributed by atoms with Gasteiger partial charge in [-0.2, -0.15) is 4.99 Å². The van der Waals surface area contributed by atoms with E-state index >= 15 is 0 Å². The Bertz CT molecular complexity index is 395. The number of hydrogen-bond donors (Lipinski definition) is 1. The molecule has 15 heavy (non-hydrogen) atoms. The molecule has 82 valence electrons. The van der Waals surface area contributed by atoms with Crippen LogP contribution in [0.3, 0.4) is 0 Å². The van der Waals surface area contributed by atoms with E-state index in [-0.39, 0.29) is 0 Å². The summed E-state index contributed by atoms with van der Waals surface area (Å²) in [5.74, 6) is 0. The summed E-state index contributed by atoms with van der Waals surface area (Å²) in [7, 11) is 0. The van der Waals surface area contributed by atoms with Gasteiger partial charge in [0.25, 0.3) is 0 Å². The third-order valence-corrected chi connectivity index (χ3v) is 1.41. The Kier molecular flexibility index (Phi) is 3.14. The van der Waals surface area contributed by atoms with Gasteiger partial charge in [-0.3, -0.25) is 0 Å². The lowest BCUT2D eigenvalue weighted by molar-refractivity contribution is 0.0597. The lowest BCUT2D eigenvalue weighted by atomic mass is 10.2. The van der Waals surface area contributed by atoms with E-state index in [1.807, 2.05) is 0 Å². The van der Waals surface area contributed by atoms with Crippen LogP contribution in [0.5, 0.6) is 0 Å². The summed E-state index contributed by atoms with van der Waals surface area (Å²) in [6.07, 6.45) is 2.12. The summed E-state index contributed by atoms with van der Waals surface area (Å²) in [5, 5.41) is 9.38. The number of carbonyl (C=O) groups excluding carboxylic acids is 1. The molecule has 1 heterocycles. The molecule has 0 saturated heterocycles. The monoisotopic (exact) mass is 210 g/mol. The van der Waals surface area contributed by atoms with Gasteiger partial charge < -0.3 is 9.94 Å². The maximum atomic E-state index is 11.3. The third-order valence-electron chi connectivity index (χ3n) is 1.41. The first-order valence-corrected chi connectivity index (χ1v) is 4.52. The van der Waals surface area contributed by atoms with Crippen LogP contribution in [0, 0.1) is 0 Å². The summed E-state index contributed by atoms with van der Waals surface area (Å²) in [4.78, 5) is 15.0. The van der Waals surface area contributed by atoms with Gasteiger partial charge in [-0.25, -0.2) is 9.52 Å². The summed E-state index contributed by atoms with van der Waals surface area (Å²) in [6.45, 7) is 5.31. The van der Waals surface area contributed by atoms with Crippen molar-refractivity contribution in [2.45, 2.75) is 26.4 Å². The maximum absolute atomic E-state index is 11.3. The molecule has 0 aliphatic heterocycles. The standard InChI is InChI=1S/C10H14N2O3/c1-10(2,3)15-9(13)11-8-4-6-12(14)7-5-8/h4-7,14H,1-3H3. The molecular formula is C10H14N2O3. The molecule has 0 bridgehead atoms. The molecule has 1 aromatic rings. The average Bonchev–Trinajstić information content (AvgIpc) is 2.05. The number of pyridine rings is 1. The zero-order chi connectivity index (χ0) is 11.5. The molecule has 0 unspecified atom stereocenters. The topological polar surface area (TPSA) is 63.8 Å². The first kappa shape index (κ1) is 11.3. The fourth-order valence-electron chi connectivity index (χ4n) is 0.875. The van der Waals surface area contributed by atoms with E-state index in [0.29, 0.717) is 5.36 Å². The largest absolute Gasteiger partial charge is 0.442 e. The van der Waals surface area contributed by atoms with Crippen molar-refractivity contribution in [3.8, 4) is 0 Å². The molecule has 5 heteroatoms. The molecule has 1 aromatic heterocycles. The van der Waals surface area contributed by atoms with Crippen LogP contribution in [0.4, 0.5) is 4.79 Å². The Balaban J connectivity index is 2.80. The Hall–Kier alpha value is -1.78. The Morgan fingerprint density at radius 2 is 1.93 bits per heavy atom. The zero-order valence-electron chi connectivity index (χ0n) is 8.97. The minimum absolute atomic E-state index is 0.439. The van der Waals surface area contributed by atoms with Gasteiger partial charge in [-0.05, 0) is 32.9 Å². The molecule has 0 aliphatic rings. The van der Waals surface area contributed by atoms with Gasteiger partial charge in [0.2, 0.25) is 0 Å². The second-order valence-electron chi connectivity index (χ2n) is 4.03. The van der Waals surface area contributed by atoms with E-state index in [1.54, 1.807) is 20.8 Å². The molecule has 0 spiro atoms. The Morgan fingerprint density at radius 3 is 2.40 bits per heavy atom. The number of amides is 1. The van der Waals surface area contributed by atoms with Crippen LogP contribution in [0.1, 0.15) is 20.8 Å². The fourth-order valence-corrected chi connectivity index (χ4v) is 0.875. The van der Waals surface area contributed by atoms with Crippen molar-refractivity contribution in [1.82, 2.24) is 4.73 Å². The van der Waals surface area contributed by atoms with Crippen molar-refractivity contribution in [1.29, 1.82) is 0 Å². The lowest BCUT2D eigenvalue weighted by Crippen LogP contribution is -2.23. The van der Waals surface area contributed by atoms with Crippen molar-refractivity contribution < 1.29 is 14.7 Å². The van der Waals surface area contributed by atoms with Crippen molar-refractivity contribution in [3.05, 3.63) is 29.9 Å². The van der Waals surface area contributed by atoms with Crippen molar-refractivity contribution in [2.24, 2.45) is 4.99 Å². The second kappa shape index (κ2) is 4.16. The normalized spacial score (nSPS) is 10.9. The summed E-state index contributed by atoms with van der Waals surface area (Å²) in [5.41, 5.74) is -0.549. The van der Waals surface area contributed by atoms with Crippen LogP contribution in [0.15, 0.2) is 29.5 Å². The number of carbonyl (C=O) groups is 1. The molecule has 1 N–H and O–H groups in total. The summed E-state index contributed by atoms with van der Waals surface area (Å²) in [6, 6.07) is 3.01. The molecular weight excluding hydrogens is 196 g/mol. The summed E-state index contributed by atoms with van der Waals surface area (Å²) >= 11 is 0. The highest BCUT2D eigenvalue weighted by molar-refractivity contribution is 5.68. The van der Waals surface area contributed by atoms with Crippen LogP contribution in [-0.2, 0) is 4.74 Å². The zero-order valence-corrected chi connectivity index (χ0v) is 8.97. The quantitative estimate of drug-likeness (QED) is 0.661. The molecule has 1 rings (SSSR count). The average molecular weight is 210 g/mol. The molecule has 0 atom stereocenters. The number of rotatable bonds is 0. The van der Waals surface area contributed by atoms with Crippen molar-refractivity contribution >= 4 is 6.09 Å². The minimum atomic E-state index is -0.641. The van der Waals surface area contributed by atoms with Crippen LogP contribution >= 0.6 is 0 Å². The van der Waals surface area contributed by atoms with Gasteiger partial charge in [0, 0.05) is 12.4 Å². The number of ether oxygens (including phenoxy) is 1. The van der Waals surface area contributed by atoms with Gasteiger partial charge in [0.05, 0.1) is 5.36 Å². The molecule has 0 aromatic carbocycles. The lowest BCUT2D eigenvalue weighted by Gasteiger charge is -2.17. The first-order chi connectivity index (χ1) is 6.87. The van der Waals surface area contributed by atoms with Gasteiger partial charge >= 0.3 is 6.09 Å². The summed E-state index contributed by atoms with van der Waals surface area (Å²) < 4.78 is 5.87. The number of nitrogens with zero attached hydrogens (tertiary/aromatic N) is 2. The van der Waals surface area contributed by atoms with Crippen LogP contribution in [0.2, 0.25) is 0 Å². The Morgan fingerprint density at radius 1 is 1.40 bits per heavy atom. The predicted molar refractivity (Wildman–Crippen MR) is 53.4 cm³/mol. The van der Waals surface area contributed by atoms with E-state index < -0.39 is 11.7 Å². The highest BCUT2D eigenvalue weighted by Crippen LogP contribution is 2.07. The van der Waals surface area contributed by atoms with Crippen LogP contribution < -0.4 is 5.36 Å². The van der Waals surface area contributed by atoms with Crippen molar-refractivity contribution in [3.63, 3.8) is 0 Å². The molecule has 1 amide bonds. The van der Waals surface area contributed by atoms with E-state index in [9.17, 15) is 4.79 Å². The minimum Gasteiger partial charge on any atom is -0.442 e. The molecule has 0 radical (unpaired) electrons. The second-order valence-corrected chi connectivity index (χ2v) is 4.03. The van der Waals surface area contributed by atoms with E-state index in [1.165, 1.54) is 24.5 Å². The molecule has 0 aliphatic carbocycles. The van der Waals surface area contributed by atoms with E-state index in [2.05, 4.69) is 4.99 Å². The molecule has 5 nitrogen and oxygen atoms in total. The van der Waals surface area contributed by atoms with Gasteiger partial charge in [0.15, 0.2) is 0 Å². The van der Waals surface area contributed by atoms with Crippen molar-refractivity contribution in [2.75, 3.05) is 0 Å². The van der Waals surface area contributed by atoms with Gasteiger partial charge in [0.1, 0.15) is 5.60 Å². The van der Waals surface area contributed by atoms with E-state index in [0.717, 1.165) is 4.73 Å². The fraction of sp³-hybridized carbons (Fsp3) is 0.400. The van der Waals surface area contributed by atoms with E-state index in [4.69, 9.17) is 9.94 Å². The SMILES string of the molecule is CC(C)(C)OC(=O)N=c1ccn(O)cc1. The highest BCUT2D eigenvalue weighted by atomic mass is 16.6. The van der Waals surface area contributed by atoms with Crippen LogP contribution in [-0.4, -0.2) is 21.6 Å². The first-order valence-electron chi connectivity index (χ1n) is 4.52. The third kappa shape index (κ3) is 4.30. The number of aromatic nitrogens is 1. The number of hydrogen-bond acceptors (Lipinski definition) is 3.